The van der Waals surface area contributed by atoms with Gasteiger partial charge in [-0.25, -0.2) is 0 Å². The molecule has 1 N–H and O–H groups in total. The number of amides is 1. The van der Waals surface area contributed by atoms with Gasteiger partial charge in [-0.2, -0.15) is 0 Å². The van der Waals surface area contributed by atoms with E-state index < -0.39 is 6.10 Å². The molecule has 3 rings (SSSR count). The van der Waals surface area contributed by atoms with Crippen molar-refractivity contribution in [3.63, 3.8) is 0 Å². The van der Waals surface area contributed by atoms with E-state index in [1.165, 1.54) is 0 Å². The lowest BCUT2D eigenvalue weighted by Crippen LogP contribution is -2.30. The molecule has 0 spiro atoms. The Balaban J connectivity index is 1.77. The van der Waals surface area contributed by atoms with E-state index in [9.17, 15) is 4.79 Å². The summed E-state index contributed by atoms with van der Waals surface area (Å²) in [5.74, 6) is 0.908. The van der Waals surface area contributed by atoms with Gasteiger partial charge >= 0.3 is 0 Å². The number of nitrogens with one attached hydrogen (secondary N) is 1. The first-order chi connectivity index (χ1) is 13.6. The Labute approximate surface area is 169 Å². The maximum atomic E-state index is 12.6. The lowest BCUT2D eigenvalue weighted by Gasteiger charge is -2.17. The van der Waals surface area contributed by atoms with Crippen LogP contribution in [0.1, 0.15) is 26.7 Å². The fourth-order valence-corrected chi connectivity index (χ4v) is 2.90. The van der Waals surface area contributed by atoms with E-state index in [1.807, 2.05) is 36.4 Å². The van der Waals surface area contributed by atoms with Crippen molar-refractivity contribution in [3.05, 3.63) is 59.8 Å². The maximum Gasteiger partial charge on any atom is 0.265 e. The average Bonchev–Trinajstić information content (AvgIpc) is 2.71. The van der Waals surface area contributed by atoms with Crippen LogP contribution >= 0.6 is 11.6 Å². The van der Waals surface area contributed by atoms with Gasteiger partial charge in [0.05, 0.1) is 17.3 Å². The van der Waals surface area contributed by atoms with Gasteiger partial charge in [0.25, 0.3) is 5.91 Å². The summed E-state index contributed by atoms with van der Waals surface area (Å²) in [4.78, 5) is 17.1. The van der Waals surface area contributed by atoms with Gasteiger partial charge in [0.1, 0.15) is 17.0 Å². The number of para-hydroxylation sites is 1. The van der Waals surface area contributed by atoms with Crippen molar-refractivity contribution in [2.24, 2.45) is 0 Å². The summed E-state index contributed by atoms with van der Waals surface area (Å²) >= 11 is 6.10. The number of pyridine rings is 1. The molecule has 28 heavy (non-hydrogen) atoms. The van der Waals surface area contributed by atoms with E-state index in [1.54, 1.807) is 25.3 Å². The molecule has 1 atom stereocenters. The van der Waals surface area contributed by atoms with Crippen LogP contribution in [0.5, 0.6) is 11.5 Å². The van der Waals surface area contributed by atoms with Crippen molar-refractivity contribution in [1.82, 2.24) is 4.98 Å². The lowest BCUT2D eigenvalue weighted by molar-refractivity contribution is -0.122. The largest absolute Gasteiger partial charge is 0.491 e. The number of nitrogens with zero attached hydrogens (tertiary/aromatic N) is 1. The van der Waals surface area contributed by atoms with E-state index in [4.69, 9.17) is 21.1 Å². The van der Waals surface area contributed by atoms with Gasteiger partial charge in [0.2, 0.25) is 0 Å². The second-order valence-corrected chi connectivity index (χ2v) is 6.80. The summed E-state index contributed by atoms with van der Waals surface area (Å²) in [6.45, 7) is 4.43. The van der Waals surface area contributed by atoms with Crippen LogP contribution < -0.4 is 14.8 Å². The predicted molar refractivity (Wildman–Crippen MR) is 112 cm³/mol. The fraction of sp³-hybridized carbons (Fsp3) is 0.273. The molecule has 0 saturated heterocycles. The van der Waals surface area contributed by atoms with Crippen LogP contribution in [0.25, 0.3) is 10.9 Å². The monoisotopic (exact) mass is 398 g/mol. The molecule has 0 aliphatic rings. The molecule has 0 fully saturated rings. The number of carbonyl (C=O) groups is 1. The van der Waals surface area contributed by atoms with Gasteiger partial charge in [-0.05, 0) is 49.7 Å². The van der Waals surface area contributed by atoms with E-state index in [0.717, 1.165) is 23.7 Å². The molecule has 0 radical (unpaired) electrons. The van der Waals surface area contributed by atoms with Gasteiger partial charge in [0, 0.05) is 11.6 Å². The van der Waals surface area contributed by atoms with Crippen molar-refractivity contribution >= 4 is 34.1 Å². The Morgan fingerprint density at radius 3 is 2.75 bits per heavy atom. The minimum absolute atomic E-state index is 0.273. The first-order valence-corrected chi connectivity index (χ1v) is 9.70. The maximum absolute atomic E-state index is 12.6. The number of benzene rings is 2. The van der Waals surface area contributed by atoms with Gasteiger partial charge in [-0.3, -0.25) is 9.78 Å². The minimum atomic E-state index is -0.716. The van der Waals surface area contributed by atoms with Crippen LogP contribution in [0.15, 0.2) is 54.7 Å². The highest BCUT2D eigenvalue weighted by molar-refractivity contribution is 6.32. The second kappa shape index (κ2) is 9.42. The quantitative estimate of drug-likeness (QED) is 0.511. The topological polar surface area (TPSA) is 60.5 Å². The minimum Gasteiger partial charge on any atom is -0.491 e. The molecule has 0 aliphatic carbocycles. The number of hydrogen-bond donors (Lipinski definition) is 1. The SMILES string of the molecule is CCCCOc1ccc(NC(=O)[C@H](C)Oc2ccccc2Cl)c2cccnc12. The molecule has 0 bridgehead atoms. The smallest absolute Gasteiger partial charge is 0.265 e. The number of rotatable bonds is 8. The van der Waals surface area contributed by atoms with Crippen LogP contribution in [0, 0.1) is 0 Å². The summed E-state index contributed by atoms with van der Waals surface area (Å²) in [6, 6.07) is 14.5. The molecule has 1 aromatic heterocycles. The number of hydrogen-bond acceptors (Lipinski definition) is 4. The average molecular weight is 399 g/mol. The number of carbonyl (C=O) groups excluding carboxylic acids is 1. The third-order valence-corrected chi connectivity index (χ3v) is 4.57. The molecule has 1 heterocycles. The summed E-state index contributed by atoms with van der Waals surface area (Å²) < 4.78 is 11.5. The molecular weight excluding hydrogens is 376 g/mol. The van der Waals surface area contributed by atoms with Crippen molar-refractivity contribution in [1.29, 1.82) is 0 Å². The molecule has 0 aliphatic heterocycles. The van der Waals surface area contributed by atoms with Crippen molar-refractivity contribution in [2.75, 3.05) is 11.9 Å². The number of halogens is 1. The third-order valence-electron chi connectivity index (χ3n) is 4.26. The Morgan fingerprint density at radius 1 is 1.14 bits per heavy atom. The number of fused-ring (bicyclic) bond motifs is 1. The standard InChI is InChI=1S/C22H23ClN2O3/c1-3-4-14-27-20-12-11-18(16-8-7-13-24-21(16)20)25-22(26)15(2)28-19-10-6-5-9-17(19)23/h5-13,15H,3-4,14H2,1-2H3,(H,25,26)/t15-/m0/s1. The summed E-state index contributed by atoms with van der Waals surface area (Å²) in [7, 11) is 0. The highest BCUT2D eigenvalue weighted by Crippen LogP contribution is 2.30. The fourth-order valence-electron chi connectivity index (χ4n) is 2.72. The zero-order chi connectivity index (χ0) is 19.9. The highest BCUT2D eigenvalue weighted by atomic mass is 35.5. The van der Waals surface area contributed by atoms with Crippen molar-refractivity contribution in [3.8, 4) is 11.5 Å². The summed E-state index contributed by atoms with van der Waals surface area (Å²) in [6.07, 6.45) is 3.03. The van der Waals surface area contributed by atoms with E-state index in [0.29, 0.717) is 28.8 Å². The van der Waals surface area contributed by atoms with Crippen LogP contribution in [-0.2, 0) is 4.79 Å². The second-order valence-electron chi connectivity index (χ2n) is 6.39. The third kappa shape index (κ3) is 4.73. The molecule has 2 aromatic carbocycles. The lowest BCUT2D eigenvalue weighted by atomic mass is 10.1. The summed E-state index contributed by atoms with van der Waals surface area (Å²) in [5.41, 5.74) is 1.38. The molecule has 146 valence electrons. The number of anilines is 1. The molecule has 1 amide bonds. The molecule has 0 unspecified atom stereocenters. The zero-order valence-electron chi connectivity index (χ0n) is 15.9. The van der Waals surface area contributed by atoms with E-state index >= 15 is 0 Å². The summed E-state index contributed by atoms with van der Waals surface area (Å²) in [5, 5.41) is 4.19. The number of unbranched alkanes of at least 4 members (excludes halogenated alkanes) is 1. The molecule has 5 nitrogen and oxygen atoms in total. The highest BCUT2D eigenvalue weighted by Gasteiger charge is 2.18. The Morgan fingerprint density at radius 2 is 1.96 bits per heavy atom. The first-order valence-electron chi connectivity index (χ1n) is 9.32. The molecule has 3 aromatic rings. The number of aromatic nitrogens is 1. The Hall–Kier alpha value is -2.79. The van der Waals surface area contributed by atoms with Crippen LogP contribution in [-0.4, -0.2) is 23.6 Å². The number of ether oxygens (including phenoxy) is 2. The zero-order valence-corrected chi connectivity index (χ0v) is 16.7. The van der Waals surface area contributed by atoms with Crippen molar-refractivity contribution in [2.45, 2.75) is 32.8 Å². The van der Waals surface area contributed by atoms with Gasteiger partial charge in [-0.1, -0.05) is 37.1 Å². The van der Waals surface area contributed by atoms with Crippen molar-refractivity contribution < 1.29 is 14.3 Å². The van der Waals surface area contributed by atoms with Gasteiger partial charge < -0.3 is 14.8 Å². The first kappa shape index (κ1) is 20.0. The van der Waals surface area contributed by atoms with E-state index in [-0.39, 0.29) is 5.91 Å². The normalized spacial score (nSPS) is 11.8. The predicted octanol–water partition coefficient (Wildman–Crippen LogP) is 5.47. The van der Waals surface area contributed by atoms with Gasteiger partial charge in [0.15, 0.2) is 6.10 Å². The molecular formula is C22H23ClN2O3. The molecule has 6 heteroatoms. The van der Waals surface area contributed by atoms with Crippen LogP contribution in [0.2, 0.25) is 5.02 Å². The Bertz CT molecular complexity index is 961. The Kier molecular flexibility index (Phi) is 6.71. The molecule has 0 saturated carbocycles. The van der Waals surface area contributed by atoms with E-state index in [2.05, 4.69) is 17.2 Å². The van der Waals surface area contributed by atoms with Crippen LogP contribution in [0.4, 0.5) is 5.69 Å². The van der Waals surface area contributed by atoms with Crippen LogP contribution in [0.3, 0.4) is 0 Å². The van der Waals surface area contributed by atoms with Gasteiger partial charge in [-0.15, -0.1) is 0 Å².